The molecule has 36 heavy (non-hydrogen) atoms. The molecule has 3 N–H and O–H groups in total. The van der Waals surface area contributed by atoms with E-state index in [0.29, 0.717) is 26.5 Å². The Morgan fingerprint density at radius 1 is 1.14 bits per heavy atom. The smallest absolute Gasteiger partial charge is 0.302 e. The number of anilines is 2. The fourth-order valence-electron chi connectivity index (χ4n) is 3.70. The number of pyridine rings is 1. The van der Waals surface area contributed by atoms with E-state index >= 15 is 0 Å². The number of hydrogen-bond acceptors (Lipinski definition) is 6. The highest BCUT2D eigenvalue weighted by Gasteiger charge is 2.25. The molecule has 0 bridgehead atoms. The van der Waals surface area contributed by atoms with Crippen LogP contribution in [0.3, 0.4) is 0 Å². The van der Waals surface area contributed by atoms with Gasteiger partial charge in [0.25, 0.3) is 12.1 Å². The van der Waals surface area contributed by atoms with Crippen LogP contribution >= 0.6 is 22.9 Å². The van der Waals surface area contributed by atoms with Gasteiger partial charge in [-0.3, -0.25) is 14.6 Å². The van der Waals surface area contributed by atoms with E-state index in [1.54, 1.807) is 41.2 Å². The third-order valence-corrected chi connectivity index (χ3v) is 6.87. The van der Waals surface area contributed by atoms with Gasteiger partial charge in [0.2, 0.25) is 5.27 Å². The zero-order chi connectivity index (χ0) is 25.6. The number of aromatic nitrogens is 3. The Balaban J connectivity index is 1.66. The number of fused-ring (bicyclic) bond motifs is 1. The lowest BCUT2D eigenvalue weighted by Gasteiger charge is -2.10. The number of hydrogen-bond donors (Lipinski definition) is 2. The van der Waals surface area contributed by atoms with Crippen molar-refractivity contribution in [2.45, 2.75) is 19.9 Å². The molecule has 0 fully saturated rings. The quantitative estimate of drug-likeness (QED) is 0.264. The first-order valence-electron chi connectivity index (χ1n) is 10.8. The molecule has 11 heteroatoms. The highest BCUT2D eigenvalue weighted by Crippen LogP contribution is 2.42. The van der Waals surface area contributed by atoms with Crippen molar-refractivity contribution in [3.63, 3.8) is 0 Å². The van der Waals surface area contributed by atoms with Crippen molar-refractivity contribution in [1.82, 2.24) is 10.3 Å². The lowest BCUT2D eigenvalue weighted by molar-refractivity contribution is -0.779. The third-order valence-electron chi connectivity index (χ3n) is 5.52. The normalized spacial score (nSPS) is 11.4. The average Bonchev–Trinajstić information content (AvgIpc) is 3.44. The predicted molar refractivity (Wildman–Crippen MR) is 135 cm³/mol. The number of nitrogens with zero attached hydrogens (tertiary/aromatic N) is 3. The van der Waals surface area contributed by atoms with Gasteiger partial charge in [0.1, 0.15) is 21.3 Å². The van der Waals surface area contributed by atoms with Gasteiger partial charge >= 0.3 is 5.88 Å². The minimum absolute atomic E-state index is 0.0393. The van der Waals surface area contributed by atoms with Gasteiger partial charge in [-0.2, -0.15) is 0 Å². The summed E-state index contributed by atoms with van der Waals surface area (Å²) >= 11 is 7.08. The number of amides is 1. The summed E-state index contributed by atoms with van der Waals surface area (Å²) in [6.45, 7) is 3.83. The van der Waals surface area contributed by atoms with Crippen LogP contribution in [-0.4, -0.2) is 16.2 Å². The first-order valence-corrected chi connectivity index (χ1v) is 12.0. The summed E-state index contributed by atoms with van der Waals surface area (Å²) in [4.78, 5) is 18.4. The standard InChI is InChI=1S/C25H18ClF2N5O2S/c1-12(2)33-11-20(35-32-33)31-24(34)23-22(29)21-17(16-8-7-15(27)9-18(16)28)10-19(30-25(21)36-23)13-3-5-14(26)6-4-13/h3-12H,1-2H3,(H2-,29,31,32,34)/p+1. The van der Waals surface area contributed by atoms with Crippen LogP contribution in [-0.2, 0) is 0 Å². The van der Waals surface area contributed by atoms with E-state index in [2.05, 4.69) is 15.6 Å². The summed E-state index contributed by atoms with van der Waals surface area (Å²) in [5.41, 5.74) is 8.29. The van der Waals surface area contributed by atoms with Gasteiger partial charge in [-0.25, -0.2) is 13.8 Å². The predicted octanol–water partition coefficient (Wildman–Crippen LogP) is 6.25. The maximum Gasteiger partial charge on any atom is 0.302 e. The number of nitrogens with one attached hydrogen (secondary N) is 1. The van der Waals surface area contributed by atoms with Crippen LogP contribution in [0.1, 0.15) is 29.6 Å². The fraction of sp³-hybridized carbons (Fsp3) is 0.120. The maximum atomic E-state index is 14.9. The molecule has 0 saturated heterocycles. The Morgan fingerprint density at radius 2 is 1.89 bits per heavy atom. The molecule has 0 saturated carbocycles. The summed E-state index contributed by atoms with van der Waals surface area (Å²) in [5.74, 6) is -1.85. The van der Waals surface area contributed by atoms with E-state index in [9.17, 15) is 13.6 Å². The highest BCUT2D eigenvalue weighted by atomic mass is 35.5. The Bertz CT molecular complexity index is 1620. The monoisotopic (exact) mass is 526 g/mol. The van der Waals surface area contributed by atoms with E-state index in [4.69, 9.17) is 21.9 Å². The molecule has 182 valence electrons. The number of nitrogen functional groups attached to an aromatic ring is 1. The van der Waals surface area contributed by atoms with Crippen LogP contribution in [0.2, 0.25) is 5.02 Å². The van der Waals surface area contributed by atoms with Crippen LogP contribution in [0.15, 0.2) is 59.3 Å². The first kappa shape index (κ1) is 23.8. The van der Waals surface area contributed by atoms with Crippen molar-refractivity contribution in [1.29, 1.82) is 0 Å². The van der Waals surface area contributed by atoms with Gasteiger partial charge in [0.05, 0.1) is 11.4 Å². The van der Waals surface area contributed by atoms with Crippen LogP contribution in [0.25, 0.3) is 32.6 Å². The molecule has 0 aliphatic carbocycles. The summed E-state index contributed by atoms with van der Waals surface area (Å²) in [5, 5.41) is 7.44. The van der Waals surface area contributed by atoms with E-state index in [1.807, 2.05) is 13.8 Å². The number of carbonyl (C=O) groups is 1. The second-order valence-corrected chi connectivity index (χ2v) is 9.74. The molecule has 0 unspecified atom stereocenters. The molecular formula is C25H19ClF2N5O2S+. The lowest BCUT2D eigenvalue weighted by Crippen LogP contribution is -2.36. The fourth-order valence-corrected chi connectivity index (χ4v) is 4.85. The molecule has 7 nitrogen and oxygen atoms in total. The minimum atomic E-state index is -0.763. The minimum Gasteiger partial charge on any atom is -0.397 e. The molecule has 3 heterocycles. The molecule has 0 spiro atoms. The maximum absolute atomic E-state index is 14.9. The molecule has 5 aromatic rings. The molecule has 0 radical (unpaired) electrons. The van der Waals surface area contributed by atoms with Crippen molar-refractivity contribution in [2.75, 3.05) is 11.1 Å². The summed E-state index contributed by atoms with van der Waals surface area (Å²) in [6.07, 6.45) is 1.56. The Labute approximate surface area is 213 Å². The van der Waals surface area contributed by atoms with Crippen LogP contribution in [0, 0.1) is 11.6 Å². The SMILES string of the molecule is CC(C)[n+]1cc(NC(=O)c2sc3nc(-c4ccc(Cl)cc4)cc(-c4ccc(F)cc4F)c3c2N)on1. The third kappa shape index (κ3) is 4.40. The van der Waals surface area contributed by atoms with Crippen LogP contribution in [0.5, 0.6) is 0 Å². The topological polar surface area (TPSA) is 97.9 Å². The summed E-state index contributed by atoms with van der Waals surface area (Å²) in [6, 6.07) is 12.0. The van der Waals surface area contributed by atoms with E-state index in [1.165, 1.54) is 6.07 Å². The number of halogens is 3. The second-order valence-electron chi connectivity index (χ2n) is 8.31. The molecule has 1 amide bonds. The van der Waals surface area contributed by atoms with Gasteiger partial charge in [0.15, 0.2) is 6.04 Å². The van der Waals surface area contributed by atoms with Crippen molar-refractivity contribution in [3.8, 4) is 22.4 Å². The number of nitrogens with two attached hydrogens (primary N) is 1. The van der Waals surface area contributed by atoms with E-state index in [-0.39, 0.29) is 28.1 Å². The molecule has 5 rings (SSSR count). The molecule has 3 aromatic heterocycles. The van der Waals surface area contributed by atoms with E-state index in [0.717, 1.165) is 29.0 Å². The average molecular weight is 527 g/mol. The zero-order valence-electron chi connectivity index (χ0n) is 19.1. The Hall–Kier alpha value is -3.89. The van der Waals surface area contributed by atoms with E-state index < -0.39 is 17.5 Å². The second kappa shape index (κ2) is 9.29. The number of thiophene rings is 1. The Kier molecular flexibility index (Phi) is 6.15. The molecule has 2 aromatic carbocycles. The van der Waals surface area contributed by atoms with Crippen molar-refractivity contribution in [3.05, 3.63) is 76.3 Å². The molecule has 0 atom stereocenters. The van der Waals surface area contributed by atoms with Crippen LogP contribution in [0.4, 0.5) is 20.4 Å². The van der Waals surface area contributed by atoms with Gasteiger partial charge < -0.3 is 5.73 Å². The van der Waals surface area contributed by atoms with Gasteiger partial charge in [-0.15, -0.1) is 11.3 Å². The number of carbonyl (C=O) groups excluding carboxylic acids is 1. The van der Waals surface area contributed by atoms with Crippen molar-refractivity contribution in [2.24, 2.45) is 0 Å². The summed E-state index contributed by atoms with van der Waals surface area (Å²) in [7, 11) is 0. The number of rotatable bonds is 5. The summed E-state index contributed by atoms with van der Waals surface area (Å²) < 4.78 is 35.3. The van der Waals surface area contributed by atoms with Crippen LogP contribution < -0.4 is 15.7 Å². The van der Waals surface area contributed by atoms with Gasteiger partial charge in [0, 0.05) is 27.6 Å². The van der Waals surface area contributed by atoms with Crippen molar-refractivity contribution < 1.29 is 22.8 Å². The Morgan fingerprint density at radius 3 is 2.56 bits per heavy atom. The van der Waals surface area contributed by atoms with Crippen molar-refractivity contribution >= 4 is 50.6 Å². The lowest BCUT2D eigenvalue weighted by atomic mass is 9.99. The molecule has 0 aliphatic rings. The van der Waals surface area contributed by atoms with Gasteiger partial charge in [-0.05, 0) is 54.4 Å². The molecular weight excluding hydrogens is 508 g/mol. The first-order chi connectivity index (χ1) is 17.2. The molecule has 0 aliphatic heterocycles. The number of benzene rings is 2. The zero-order valence-corrected chi connectivity index (χ0v) is 20.6. The highest BCUT2D eigenvalue weighted by molar-refractivity contribution is 7.21. The van der Waals surface area contributed by atoms with Gasteiger partial charge in [-0.1, -0.05) is 23.7 Å². The largest absolute Gasteiger partial charge is 0.397 e.